The van der Waals surface area contributed by atoms with E-state index in [0.717, 1.165) is 6.42 Å². The molecule has 1 aromatic rings. The first-order valence-corrected chi connectivity index (χ1v) is 6.32. The van der Waals surface area contributed by atoms with Crippen molar-refractivity contribution in [3.8, 4) is 0 Å². The van der Waals surface area contributed by atoms with Gasteiger partial charge < -0.3 is 9.64 Å². The molecule has 4 heteroatoms. The number of carbonyl (C=O) groups is 1. The SMILES string of the molecule is COC(=O)N(C)CCc1ccc(SC)cc1. The molecule has 0 radical (unpaired) electrons. The molecule has 0 saturated carbocycles. The first-order valence-electron chi connectivity index (χ1n) is 5.09. The maximum Gasteiger partial charge on any atom is 0.409 e. The van der Waals surface area contributed by atoms with Crippen molar-refractivity contribution in [2.75, 3.05) is 27.0 Å². The van der Waals surface area contributed by atoms with Crippen molar-refractivity contribution < 1.29 is 9.53 Å². The van der Waals surface area contributed by atoms with Crippen molar-refractivity contribution in [3.63, 3.8) is 0 Å². The molecule has 0 fully saturated rings. The summed E-state index contributed by atoms with van der Waals surface area (Å²) in [6.07, 6.45) is 2.61. The van der Waals surface area contributed by atoms with Crippen molar-refractivity contribution in [1.29, 1.82) is 0 Å². The van der Waals surface area contributed by atoms with Crippen LogP contribution in [-0.4, -0.2) is 38.0 Å². The van der Waals surface area contributed by atoms with Gasteiger partial charge in [-0.1, -0.05) is 12.1 Å². The first-order chi connectivity index (χ1) is 7.67. The molecule has 1 aromatic carbocycles. The Morgan fingerprint density at radius 2 is 2.00 bits per heavy atom. The predicted octanol–water partition coefficient (Wildman–Crippen LogP) is 2.65. The van der Waals surface area contributed by atoms with Crippen LogP contribution < -0.4 is 0 Å². The first kappa shape index (κ1) is 12.9. The molecule has 0 bridgehead atoms. The number of methoxy groups -OCH3 is 1. The lowest BCUT2D eigenvalue weighted by molar-refractivity contribution is 0.134. The van der Waals surface area contributed by atoms with Crippen LogP contribution in [0.1, 0.15) is 5.56 Å². The van der Waals surface area contributed by atoms with Gasteiger partial charge in [-0.15, -0.1) is 11.8 Å². The molecule has 0 aliphatic heterocycles. The standard InChI is InChI=1S/C12H17NO2S/c1-13(12(14)15-2)9-8-10-4-6-11(16-3)7-5-10/h4-7H,8-9H2,1-3H3. The second-order valence-corrected chi connectivity index (χ2v) is 4.37. The minimum atomic E-state index is -0.291. The van der Waals surface area contributed by atoms with Gasteiger partial charge >= 0.3 is 6.09 Å². The van der Waals surface area contributed by atoms with Crippen molar-refractivity contribution >= 4 is 17.9 Å². The monoisotopic (exact) mass is 239 g/mol. The highest BCUT2D eigenvalue weighted by molar-refractivity contribution is 7.98. The Kier molecular flexibility index (Phi) is 5.19. The zero-order chi connectivity index (χ0) is 12.0. The van der Waals surface area contributed by atoms with Gasteiger partial charge in [-0.2, -0.15) is 0 Å². The third kappa shape index (κ3) is 3.77. The van der Waals surface area contributed by atoms with Gasteiger partial charge in [-0.3, -0.25) is 0 Å². The van der Waals surface area contributed by atoms with E-state index in [1.54, 1.807) is 23.7 Å². The normalized spacial score (nSPS) is 9.94. The van der Waals surface area contributed by atoms with Gasteiger partial charge in [0, 0.05) is 18.5 Å². The highest BCUT2D eigenvalue weighted by atomic mass is 32.2. The predicted molar refractivity (Wildman–Crippen MR) is 67.0 cm³/mol. The van der Waals surface area contributed by atoms with Crippen LogP contribution in [0.5, 0.6) is 0 Å². The summed E-state index contributed by atoms with van der Waals surface area (Å²) in [6, 6.07) is 8.38. The second-order valence-electron chi connectivity index (χ2n) is 3.49. The molecule has 1 amide bonds. The third-order valence-electron chi connectivity index (χ3n) is 2.38. The van der Waals surface area contributed by atoms with Gasteiger partial charge in [0.2, 0.25) is 0 Å². The number of ether oxygens (including phenoxy) is 1. The van der Waals surface area contributed by atoms with E-state index in [1.807, 2.05) is 0 Å². The molecule has 0 unspecified atom stereocenters. The molecule has 0 aliphatic rings. The van der Waals surface area contributed by atoms with Crippen molar-refractivity contribution in [1.82, 2.24) is 4.90 Å². The molecule has 0 N–H and O–H groups in total. The smallest absolute Gasteiger partial charge is 0.409 e. The number of nitrogens with zero attached hydrogens (tertiary/aromatic N) is 1. The van der Waals surface area contributed by atoms with Crippen LogP contribution >= 0.6 is 11.8 Å². The topological polar surface area (TPSA) is 29.5 Å². The third-order valence-corrected chi connectivity index (χ3v) is 3.12. The number of amides is 1. The minimum Gasteiger partial charge on any atom is -0.453 e. The van der Waals surface area contributed by atoms with E-state index in [2.05, 4.69) is 35.3 Å². The lowest BCUT2D eigenvalue weighted by Gasteiger charge is -2.15. The van der Waals surface area contributed by atoms with E-state index < -0.39 is 0 Å². The van der Waals surface area contributed by atoms with Gasteiger partial charge in [0.25, 0.3) is 0 Å². The van der Waals surface area contributed by atoms with Crippen LogP contribution in [0, 0.1) is 0 Å². The fraction of sp³-hybridized carbons (Fsp3) is 0.417. The number of benzene rings is 1. The van der Waals surface area contributed by atoms with Gasteiger partial charge in [0.15, 0.2) is 0 Å². The molecule has 16 heavy (non-hydrogen) atoms. The zero-order valence-electron chi connectivity index (χ0n) is 9.90. The summed E-state index contributed by atoms with van der Waals surface area (Å²) < 4.78 is 4.62. The Bertz CT molecular complexity index is 337. The fourth-order valence-corrected chi connectivity index (χ4v) is 1.74. The van der Waals surface area contributed by atoms with E-state index in [4.69, 9.17) is 0 Å². The number of thioether (sulfide) groups is 1. The Morgan fingerprint density at radius 1 is 1.38 bits per heavy atom. The van der Waals surface area contributed by atoms with Gasteiger partial charge in [0.05, 0.1) is 7.11 Å². The lowest BCUT2D eigenvalue weighted by atomic mass is 10.1. The molecule has 0 heterocycles. The second kappa shape index (κ2) is 6.43. The number of rotatable bonds is 4. The molecule has 0 atom stereocenters. The maximum atomic E-state index is 11.1. The Labute approximate surface area is 101 Å². The van der Waals surface area contributed by atoms with Crippen LogP contribution in [0.4, 0.5) is 4.79 Å². The highest BCUT2D eigenvalue weighted by Crippen LogP contribution is 2.15. The summed E-state index contributed by atoms with van der Waals surface area (Å²) in [5, 5.41) is 0. The molecule has 3 nitrogen and oxygen atoms in total. The summed E-state index contributed by atoms with van der Waals surface area (Å²) in [6.45, 7) is 0.672. The average molecular weight is 239 g/mol. The van der Waals surface area contributed by atoms with Crippen LogP contribution in [0.3, 0.4) is 0 Å². The van der Waals surface area contributed by atoms with Gasteiger partial charge in [-0.25, -0.2) is 4.79 Å². The zero-order valence-corrected chi connectivity index (χ0v) is 10.7. The molecule has 88 valence electrons. The van der Waals surface area contributed by atoms with Crippen LogP contribution in [0.15, 0.2) is 29.2 Å². The van der Waals surface area contributed by atoms with E-state index in [9.17, 15) is 4.79 Å². The van der Waals surface area contributed by atoms with Crippen molar-refractivity contribution in [3.05, 3.63) is 29.8 Å². The Morgan fingerprint density at radius 3 is 2.50 bits per heavy atom. The number of likely N-dealkylation sites (N-methyl/N-ethyl adjacent to an activating group) is 1. The quantitative estimate of drug-likeness (QED) is 0.756. The summed E-state index contributed by atoms with van der Waals surface area (Å²) in [5.41, 5.74) is 1.23. The van der Waals surface area contributed by atoms with E-state index in [-0.39, 0.29) is 6.09 Å². The number of hydrogen-bond donors (Lipinski definition) is 0. The minimum absolute atomic E-state index is 0.291. The number of hydrogen-bond acceptors (Lipinski definition) is 3. The Hall–Kier alpha value is -1.16. The molecular formula is C12H17NO2S. The van der Waals surface area contributed by atoms with Crippen LogP contribution in [-0.2, 0) is 11.2 Å². The van der Waals surface area contributed by atoms with Crippen molar-refractivity contribution in [2.45, 2.75) is 11.3 Å². The van der Waals surface area contributed by atoms with Gasteiger partial charge in [-0.05, 0) is 30.4 Å². The molecule has 1 rings (SSSR count). The van der Waals surface area contributed by atoms with E-state index in [0.29, 0.717) is 6.54 Å². The molecule has 0 aliphatic carbocycles. The lowest BCUT2D eigenvalue weighted by Crippen LogP contribution is -2.28. The van der Waals surface area contributed by atoms with Crippen LogP contribution in [0.2, 0.25) is 0 Å². The molecular weight excluding hydrogens is 222 g/mol. The molecule has 0 aromatic heterocycles. The maximum absolute atomic E-state index is 11.1. The number of carbonyl (C=O) groups excluding carboxylic acids is 1. The van der Waals surface area contributed by atoms with Gasteiger partial charge in [0.1, 0.15) is 0 Å². The summed E-state index contributed by atoms with van der Waals surface area (Å²) >= 11 is 1.73. The summed E-state index contributed by atoms with van der Waals surface area (Å²) in [7, 11) is 3.13. The van der Waals surface area contributed by atoms with E-state index in [1.165, 1.54) is 17.6 Å². The van der Waals surface area contributed by atoms with Crippen LogP contribution in [0.25, 0.3) is 0 Å². The summed E-state index contributed by atoms with van der Waals surface area (Å²) in [5.74, 6) is 0. The Balaban J connectivity index is 2.45. The van der Waals surface area contributed by atoms with Crippen molar-refractivity contribution in [2.24, 2.45) is 0 Å². The highest BCUT2D eigenvalue weighted by Gasteiger charge is 2.07. The average Bonchev–Trinajstić information content (AvgIpc) is 2.35. The largest absolute Gasteiger partial charge is 0.453 e. The van der Waals surface area contributed by atoms with E-state index >= 15 is 0 Å². The molecule has 0 saturated heterocycles. The molecule has 0 spiro atoms. The fourth-order valence-electron chi connectivity index (χ4n) is 1.34. The summed E-state index contributed by atoms with van der Waals surface area (Å²) in [4.78, 5) is 14.0.